The lowest BCUT2D eigenvalue weighted by atomic mass is 9.78. The standard InChI is InChI=1S/C20H30BNO5/c1-14(22-12-6-7-17(13-23)25-18(22)24)15-8-10-16(11-9-15)21-26-19(2,3)20(4,5)27-21/h8-11,14,17,23H,6-7,12-13H2,1-5H3/t14-,17?/m0/s1. The fourth-order valence-corrected chi connectivity index (χ4v) is 3.42. The molecular weight excluding hydrogens is 345 g/mol. The molecule has 2 atom stereocenters. The van der Waals surface area contributed by atoms with E-state index in [0.717, 1.165) is 17.4 Å². The quantitative estimate of drug-likeness (QED) is 0.820. The zero-order valence-electron chi connectivity index (χ0n) is 16.9. The molecular formula is C20H30BNO5. The summed E-state index contributed by atoms with van der Waals surface area (Å²) in [4.78, 5) is 14.1. The van der Waals surface area contributed by atoms with Gasteiger partial charge in [-0.25, -0.2) is 4.79 Å². The molecule has 2 aliphatic rings. The van der Waals surface area contributed by atoms with Gasteiger partial charge in [0.2, 0.25) is 0 Å². The molecule has 2 fully saturated rings. The second-order valence-corrected chi connectivity index (χ2v) is 8.45. The molecule has 2 saturated heterocycles. The van der Waals surface area contributed by atoms with Gasteiger partial charge >= 0.3 is 13.2 Å². The number of hydrogen-bond donors (Lipinski definition) is 1. The Balaban J connectivity index is 1.71. The Morgan fingerprint density at radius 1 is 1.19 bits per heavy atom. The summed E-state index contributed by atoms with van der Waals surface area (Å²) in [6.07, 6.45) is 0.731. The average Bonchev–Trinajstić information content (AvgIpc) is 2.75. The molecule has 0 radical (unpaired) electrons. The molecule has 1 aromatic carbocycles. The van der Waals surface area contributed by atoms with Crippen LogP contribution >= 0.6 is 0 Å². The van der Waals surface area contributed by atoms with Crippen LogP contribution in [0.5, 0.6) is 0 Å². The van der Waals surface area contributed by atoms with E-state index in [0.29, 0.717) is 13.0 Å². The predicted octanol–water partition coefficient (Wildman–Crippen LogP) is 2.64. The number of rotatable bonds is 4. The first-order valence-corrected chi connectivity index (χ1v) is 9.68. The Morgan fingerprint density at radius 2 is 1.78 bits per heavy atom. The molecule has 148 valence electrons. The summed E-state index contributed by atoms with van der Waals surface area (Å²) >= 11 is 0. The third kappa shape index (κ3) is 4.00. The lowest BCUT2D eigenvalue weighted by Crippen LogP contribution is -2.41. The molecule has 1 amide bonds. The first-order valence-electron chi connectivity index (χ1n) is 9.68. The Hall–Kier alpha value is -1.57. The van der Waals surface area contributed by atoms with Crippen molar-refractivity contribution in [3.8, 4) is 0 Å². The van der Waals surface area contributed by atoms with Crippen LogP contribution in [-0.4, -0.2) is 53.7 Å². The van der Waals surface area contributed by atoms with Gasteiger partial charge in [0, 0.05) is 6.54 Å². The smallest absolute Gasteiger partial charge is 0.444 e. The molecule has 0 bridgehead atoms. The SMILES string of the molecule is C[C@@H](c1ccc(B2OC(C)(C)C(C)(C)O2)cc1)N1CCCC(CO)OC1=O. The highest BCUT2D eigenvalue weighted by Gasteiger charge is 2.51. The van der Waals surface area contributed by atoms with E-state index >= 15 is 0 Å². The molecule has 1 unspecified atom stereocenters. The van der Waals surface area contributed by atoms with E-state index < -0.39 is 13.2 Å². The Morgan fingerprint density at radius 3 is 2.33 bits per heavy atom. The number of ether oxygens (including phenoxy) is 1. The Kier molecular flexibility index (Phi) is 5.57. The summed E-state index contributed by atoms with van der Waals surface area (Å²) in [6, 6.07) is 7.89. The molecule has 1 aromatic rings. The van der Waals surface area contributed by atoms with Crippen molar-refractivity contribution in [3.63, 3.8) is 0 Å². The second-order valence-electron chi connectivity index (χ2n) is 8.45. The van der Waals surface area contributed by atoms with Gasteiger partial charge in [0.15, 0.2) is 0 Å². The lowest BCUT2D eigenvalue weighted by molar-refractivity contribution is 0.00578. The van der Waals surface area contributed by atoms with Gasteiger partial charge in [-0.05, 0) is 58.5 Å². The number of amides is 1. The van der Waals surface area contributed by atoms with Crippen molar-refractivity contribution in [2.75, 3.05) is 13.2 Å². The number of aliphatic hydroxyl groups is 1. The third-order valence-electron chi connectivity index (χ3n) is 6.04. The zero-order valence-corrected chi connectivity index (χ0v) is 16.9. The van der Waals surface area contributed by atoms with Crippen LogP contribution in [0.4, 0.5) is 4.79 Å². The lowest BCUT2D eigenvalue weighted by Gasteiger charge is -2.32. The topological polar surface area (TPSA) is 68.2 Å². The van der Waals surface area contributed by atoms with Gasteiger partial charge in [-0.1, -0.05) is 24.3 Å². The van der Waals surface area contributed by atoms with Crippen LogP contribution in [0.1, 0.15) is 59.1 Å². The summed E-state index contributed by atoms with van der Waals surface area (Å²) in [5.41, 5.74) is 1.24. The molecule has 0 aliphatic carbocycles. The number of cyclic esters (lactones) is 1. The maximum atomic E-state index is 12.4. The summed E-state index contributed by atoms with van der Waals surface area (Å²) in [6.45, 7) is 10.6. The van der Waals surface area contributed by atoms with Crippen molar-refractivity contribution in [1.29, 1.82) is 0 Å². The summed E-state index contributed by atoms with van der Waals surface area (Å²) in [5.74, 6) is 0. The fourth-order valence-electron chi connectivity index (χ4n) is 3.42. The van der Waals surface area contributed by atoms with Crippen molar-refractivity contribution in [3.05, 3.63) is 29.8 Å². The second kappa shape index (κ2) is 7.45. The average molecular weight is 375 g/mol. The first-order chi connectivity index (χ1) is 12.6. The van der Waals surface area contributed by atoms with Crippen LogP contribution < -0.4 is 5.46 Å². The van der Waals surface area contributed by atoms with Crippen molar-refractivity contribution in [2.45, 2.75) is 70.8 Å². The normalized spacial score (nSPS) is 25.9. The molecule has 0 aromatic heterocycles. The largest absolute Gasteiger partial charge is 0.494 e. The van der Waals surface area contributed by atoms with Crippen LogP contribution in [0.3, 0.4) is 0 Å². The van der Waals surface area contributed by atoms with Crippen LogP contribution in [0.15, 0.2) is 24.3 Å². The minimum absolute atomic E-state index is 0.109. The maximum absolute atomic E-state index is 12.4. The highest BCUT2D eigenvalue weighted by Crippen LogP contribution is 2.36. The first kappa shape index (κ1) is 20.2. The Labute approximate surface area is 161 Å². The van der Waals surface area contributed by atoms with Gasteiger partial charge in [0.25, 0.3) is 0 Å². The van der Waals surface area contributed by atoms with Gasteiger partial charge in [-0.3, -0.25) is 0 Å². The van der Waals surface area contributed by atoms with Gasteiger partial charge < -0.3 is 24.1 Å². The number of aliphatic hydroxyl groups excluding tert-OH is 1. The minimum atomic E-state index is -0.402. The fraction of sp³-hybridized carbons (Fsp3) is 0.650. The van der Waals surface area contributed by atoms with E-state index in [1.807, 2.05) is 58.9 Å². The number of benzene rings is 1. The highest BCUT2D eigenvalue weighted by molar-refractivity contribution is 6.62. The van der Waals surface area contributed by atoms with Crippen LogP contribution in [-0.2, 0) is 14.0 Å². The van der Waals surface area contributed by atoms with Gasteiger partial charge in [-0.2, -0.15) is 0 Å². The van der Waals surface area contributed by atoms with E-state index in [1.54, 1.807) is 4.90 Å². The zero-order chi connectivity index (χ0) is 19.8. The summed E-state index contributed by atoms with van der Waals surface area (Å²) < 4.78 is 17.6. The highest BCUT2D eigenvalue weighted by atomic mass is 16.7. The van der Waals surface area contributed by atoms with E-state index in [9.17, 15) is 9.90 Å². The van der Waals surface area contributed by atoms with Crippen molar-refractivity contribution in [2.24, 2.45) is 0 Å². The van der Waals surface area contributed by atoms with E-state index in [-0.39, 0.29) is 29.9 Å². The molecule has 6 nitrogen and oxygen atoms in total. The minimum Gasteiger partial charge on any atom is -0.444 e. The number of carbonyl (C=O) groups excluding carboxylic acids is 1. The van der Waals surface area contributed by atoms with Crippen molar-refractivity contribution >= 4 is 18.7 Å². The van der Waals surface area contributed by atoms with Gasteiger partial charge in [0.05, 0.1) is 23.9 Å². The van der Waals surface area contributed by atoms with E-state index in [4.69, 9.17) is 14.0 Å². The third-order valence-corrected chi connectivity index (χ3v) is 6.04. The summed E-state index contributed by atoms with van der Waals surface area (Å²) in [7, 11) is -0.396. The summed E-state index contributed by atoms with van der Waals surface area (Å²) in [5, 5.41) is 9.26. The Bertz CT molecular complexity index is 659. The van der Waals surface area contributed by atoms with Crippen molar-refractivity contribution < 1.29 is 23.9 Å². The predicted molar refractivity (Wildman–Crippen MR) is 104 cm³/mol. The molecule has 2 aliphatic heterocycles. The van der Waals surface area contributed by atoms with Crippen LogP contribution in [0.2, 0.25) is 0 Å². The van der Waals surface area contributed by atoms with Crippen molar-refractivity contribution in [1.82, 2.24) is 4.90 Å². The molecule has 3 rings (SSSR count). The molecule has 27 heavy (non-hydrogen) atoms. The molecule has 0 spiro atoms. The number of hydrogen-bond acceptors (Lipinski definition) is 5. The number of carbonyl (C=O) groups is 1. The van der Waals surface area contributed by atoms with Gasteiger partial charge in [0.1, 0.15) is 6.10 Å². The van der Waals surface area contributed by atoms with Crippen LogP contribution in [0, 0.1) is 0 Å². The van der Waals surface area contributed by atoms with Crippen LogP contribution in [0.25, 0.3) is 0 Å². The maximum Gasteiger partial charge on any atom is 0.494 e. The monoisotopic (exact) mass is 375 g/mol. The van der Waals surface area contributed by atoms with E-state index in [2.05, 4.69) is 0 Å². The van der Waals surface area contributed by atoms with E-state index in [1.165, 1.54) is 0 Å². The van der Waals surface area contributed by atoms with Gasteiger partial charge in [-0.15, -0.1) is 0 Å². The molecule has 2 heterocycles. The molecule has 7 heteroatoms. The molecule has 0 saturated carbocycles. The molecule has 1 N–H and O–H groups in total. The number of nitrogens with zero attached hydrogens (tertiary/aromatic N) is 1.